The number of H-pyrrole nitrogens is 1. The van der Waals surface area contributed by atoms with Crippen LogP contribution in [0.5, 0.6) is 17.2 Å². The normalized spacial score (nSPS) is 10.6. The number of nitrogens with one attached hydrogen (secondary N) is 2. The minimum absolute atomic E-state index is 0.309. The molecule has 0 aliphatic heterocycles. The Morgan fingerprint density at radius 1 is 1.03 bits per heavy atom. The molecule has 0 bridgehead atoms. The number of methoxy groups -OCH3 is 3. The minimum atomic E-state index is -0.735. The molecule has 1 aromatic heterocycles. The molecular formula is C20H21N3O6. The van der Waals surface area contributed by atoms with Crippen molar-refractivity contribution in [3.63, 3.8) is 0 Å². The molecule has 0 aliphatic carbocycles. The smallest absolute Gasteiger partial charge is 0.316 e. The molecule has 2 aromatic carbocycles. The highest BCUT2D eigenvalue weighted by Crippen LogP contribution is 2.40. The maximum atomic E-state index is 12.7. The predicted molar refractivity (Wildman–Crippen MR) is 109 cm³/mol. The second-order valence-electron chi connectivity index (χ2n) is 6.10. The Balaban J connectivity index is 1.99. The van der Waals surface area contributed by atoms with Gasteiger partial charge in [-0.2, -0.15) is 0 Å². The van der Waals surface area contributed by atoms with Gasteiger partial charge in [-0.25, -0.2) is 0 Å². The van der Waals surface area contributed by atoms with Crippen molar-refractivity contribution < 1.29 is 19.0 Å². The van der Waals surface area contributed by atoms with Gasteiger partial charge in [0.15, 0.2) is 11.5 Å². The fourth-order valence-corrected chi connectivity index (χ4v) is 3.09. The number of rotatable bonds is 6. The van der Waals surface area contributed by atoms with Gasteiger partial charge in [0.25, 0.3) is 5.91 Å². The lowest BCUT2D eigenvalue weighted by atomic mass is 10.1. The first-order chi connectivity index (χ1) is 13.9. The molecule has 0 radical (unpaired) electrons. The fourth-order valence-electron chi connectivity index (χ4n) is 3.09. The highest BCUT2D eigenvalue weighted by Gasteiger charge is 2.16. The second-order valence-corrected chi connectivity index (χ2v) is 6.10. The lowest BCUT2D eigenvalue weighted by Crippen LogP contribution is -2.36. The number of anilines is 1. The van der Waals surface area contributed by atoms with E-state index in [1.165, 1.54) is 32.0 Å². The highest BCUT2D eigenvalue weighted by atomic mass is 16.5. The van der Waals surface area contributed by atoms with Crippen LogP contribution in [0.1, 0.15) is 17.3 Å². The number of ether oxygens (including phenoxy) is 3. The van der Waals surface area contributed by atoms with E-state index in [1.54, 1.807) is 31.2 Å². The summed E-state index contributed by atoms with van der Waals surface area (Å²) in [6.07, 6.45) is 0. The molecule has 2 N–H and O–H groups in total. The molecular weight excluding hydrogens is 378 g/mol. The van der Waals surface area contributed by atoms with Gasteiger partial charge < -0.3 is 29.1 Å². The maximum absolute atomic E-state index is 12.7. The summed E-state index contributed by atoms with van der Waals surface area (Å²) in [5.41, 5.74) is 0.325. The second kappa shape index (κ2) is 8.09. The third kappa shape index (κ3) is 3.66. The van der Waals surface area contributed by atoms with Crippen molar-refractivity contribution in [2.45, 2.75) is 13.5 Å². The molecule has 0 aliphatic rings. The number of hydrogen-bond donors (Lipinski definition) is 2. The maximum Gasteiger partial charge on any atom is 0.316 e. The Kier molecular flexibility index (Phi) is 5.58. The van der Waals surface area contributed by atoms with E-state index in [4.69, 9.17) is 14.2 Å². The number of fused-ring (bicyclic) bond motifs is 1. The van der Waals surface area contributed by atoms with Gasteiger partial charge in [-0.05, 0) is 25.1 Å². The van der Waals surface area contributed by atoms with Crippen molar-refractivity contribution >= 4 is 22.6 Å². The molecule has 0 saturated carbocycles. The SMILES string of the molecule is CCn1c(=O)c(=O)[nH]c2cc(C(=O)Nc3cc(OC)c(OC)c(OC)c3)ccc21. The molecule has 0 saturated heterocycles. The summed E-state index contributed by atoms with van der Waals surface area (Å²) in [6, 6.07) is 7.95. The van der Waals surface area contributed by atoms with E-state index in [1.807, 2.05) is 0 Å². The minimum Gasteiger partial charge on any atom is -0.493 e. The zero-order valence-corrected chi connectivity index (χ0v) is 16.5. The number of nitrogens with zero attached hydrogens (tertiary/aromatic N) is 1. The van der Waals surface area contributed by atoms with Gasteiger partial charge in [0, 0.05) is 29.9 Å². The van der Waals surface area contributed by atoms with Crippen LogP contribution in [-0.2, 0) is 6.54 Å². The predicted octanol–water partition coefficient (Wildman–Crippen LogP) is 1.99. The van der Waals surface area contributed by atoms with Crippen LogP contribution in [0.3, 0.4) is 0 Å². The van der Waals surface area contributed by atoms with Crippen LogP contribution in [0.4, 0.5) is 5.69 Å². The quantitative estimate of drug-likeness (QED) is 0.613. The molecule has 9 nitrogen and oxygen atoms in total. The van der Waals surface area contributed by atoms with E-state index in [2.05, 4.69) is 10.3 Å². The van der Waals surface area contributed by atoms with Gasteiger partial charge in [0.05, 0.1) is 32.4 Å². The van der Waals surface area contributed by atoms with Crippen LogP contribution in [0.15, 0.2) is 39.9 Å². The van der Waals surface area contributed by atoms with Crippen LogP contribution in [0.25, 0.3) is 11.0 Å². The Hall–Kier alpha value is -3.75. The molecule has 29 heavy (non-hydrogen) atoms. The Morgan fingerprint density at radius 2 is 1.69 bits per heavy atom. The lowest BCUT2D eigenvalue weighted by Gasteiger charge is -2.15. The molecule has 3 aromatic rings. The van der Waals surface area contributed by atoms with Gasteiger partial charge in [-0.15, -0.1) is 0 Å². The van der Waals surface area contributed by atoms with Crippen LogP contribution >= 0.6 is 0 Å². The third-order valence-corrected chi connectivity index (χ3v) is 4.48. The average molecular weight is 399 g/mol. The zero-order valence-electron chi connectivity index (χ0n) is 16.5. The number of carbonyl (C=O) groups excluding carboxylic acids is 1. The molecule has 152 valence electrons. The summed E-state index contributed by atoms with van der Waals surface area (Å²) >= 11 is 0. The van der Waals surface area contributed by atoms with Gasteiger partial charge in [-0.1, -0.05) is 0 Å². The average Bonchev–Trinajstić information content (AvgIpc) is 2.73. The van der Waals surface area contributed by atoms with Crippen molar-refractivity contribution in [2.75, 3.05) is 26.6 Å². The summed E-state index contributed by atoms with van der Waals surface area (Å²) in [5, 5.41) is 2.76. The Bertz CT molecular complexity index is 1170. The zero-order chi connectivity index (χ0) is 21.1. The fraction of sp³-hybridized carbons (Fsp3) is 0.250. The van der Waals surface area contributed by atoms with Crippen molar-refractivity contribution in [1.29, 1.82) is 0 Å². The van der Waals surface area contributed by atoms with Crippen LogP contribution in [-0.4, -0.2) is 36.8 Å². The van der Waals surface area contributed by atoms with Crippen LogP contribution in [0.2, 0.25) is 0 Å². The standard InChI is InChI=1S/C20H21N3O6/c1-5-23-14-7-6-11(8-13(14)22-19(25)20(23)26)18(24)21-12-9-15(27-2)17(29-4)16(10-12)28-3/h6-10H,5H2,1-4H3,(H,21,24)(H,22,25). The number of aryl methyl sites for hydroxylation is 1. The number of aromatic amines is 1. The topological polar surface area (TPSA) is 112 Å². The molecule has 1 amide bonds. The number of amides is 1. The van der Waals surface area contributed by atoms with Crippen LogP contribution < -0.4 is 30.6 Å². The molecule has 0 unspecified atom stereocenters. The highest BCUT2D eigenvalue weighted by molar-refractivity contribution is 6.06. The van der Waals surface area contributed by atoms with Crippen molar-refractivity contribution in [3.05, 3.63) is 56.6 Å². The molecule has 0 fully saturated rings. The van der Waals surface area contributed by atoms with Crippen molar-refractivity contribution in [1.82, 2.24) is 9.55 Å². The van der Waals surface area contributed by atoms with Crippen molar-refractivity contribution in [2.24, 2.45) is 0 Å². The van der Waals surface area contributed by atoms with Crippen LogP contribution in [0, 0.1) is 0 Å². The Morgan fingerprint density at radius 3 is 2.24 bits per heavy atom. The first-order valence-corrected chi connectivity index (χ1v) is 8.81. The summed E-state index contributed by atoms with van der Waals surface area (Å²) in [5.74, 6) is 0.805. The Labute approximate surface area is 165 Å². The molecule has 0 spiro atoms. The van der Waals surface area contributed by atoms with E-state index < -0.39 is 17.0 Å². The van der Waals surface area contributed by atoms with E-state index >= 15 is 0 Å². The number of benzene rings is 2. The van der Waals surface area contributed by atoms with Gasteiger partial charge in [-0.3, -0.25) is 14.4 Å². The van der Waals surface area contributed by atoms with Gasteiger partial charge in [0.1, 0.15) is 0 Å². The number of carbonyl (C=O) groups is 1. The monoisotopic (exact) mass is 399 g/mol. The lowest BCUT2D eigenvalue weighted by molar-refractivity contribution is 0.102. The first kappa shape index (κ1) is 20.0. The van der Waals surface area contributed by atoms with Gasteiger partial charge >= 0.3 is 11.1 Å². The van der Waals surface area contributed by atoms with E-state index in [-0.39, 0.29) is 0 Å². The number of aromatic nitrogens is 2. The summed E-state index contributed by atoms with van der Waals surface area (Å²) < 4.78 is 17.2. The third-order valence-electron chi connectivity index (χ3n) is 4.48. The summed E-state index contributed by atoms with van der Waals surface area (Å²) in [7, 11) is 4.45. The first-order valence-electron chi connectivity index (χ1n) is 8.81. The van der Waals surface area contributed by atoms with E-state index in [0.29, 0.717) is 46.1 Å². The number of hydrogen-bond acceptors (Lipinski definition) is 6. The molecule has 3 rings (SSSR count). The molecule has 0 atom stereocenters. The van der Waals surface area contributed by atoms with Gasteiger partial charge in [0.2, 0.25) is 5.75 Å². The van der Waals surface area contributed by atoms with E-state index in [0.717, 1.165) is 0 Å². The largest absolute Gasteiger partial charge is 0.493 e. The summed E-state index contributed by atoms with van der Waals surface area (Å²) in [4.78, 5) is 39.1. The summed E-state index contributed by atoms with van der Waals surface area (Å²) in [6.45, 7) is 2.11. The van der Waals surface area contributed by atoms with E-state index in [9.17, 15) is 14.4 Å². The molecule has 1 heterocycles. The van der Waals surface area contributed by atoms with Crippen molar-refractivity contribution in [3.8, 4) is 17.2 Å². The molecule has 9 heteroatoms.